The van der Waals surface area contributed by atoms with E-state index in [0.29, 0.717) is 11.8 Å². The highest BCUT2D eigenvalue weighted by Gasteiger charge is 2.50. The molecule has 0 aromatic rings. The smallest absolute Gasteiger partial charge is 0.202 e. The van der Waals surface area contributed by atoms with Crippen LogP contribution in [-0.4, -0.2) is 11.6 Å². The Labute approximate surface area is 233 Å². The molecule has 38 heavy (non-hydrogen) atoms. The highest BCUT2D eigenvalue weighted by Crippen LogP contribution is 2.49. The Kier molecular flexibility index (Phi) is 11.8. The Morgan fingerprint density at radius 2 is 1.03 bits per heavy atom. The summed E-state index contributed by atoms with van der Waals surface area (Å²) in [5, 5.41) is 0. The number of hydrogen-bond donors (Lipinski definition) is 0. The molecule has 1 fully saturated rings. The third kappa shape index (κ3) is 8.92. The molecule has 3 aliphatic rings. The predicted molar refractivity (Wildman–Crippen MR) is 162 cm³/mol. The summed E-state index contributed by atoms with van der Waals surface area (Å²) in [6.45, 7) is 13.1. The molecule has 0 aromatic carbocycles. The number of allylic oxidation sites excluding steroid dienone is 12. The number of carbonyl (C=O) groups excluding carboxylic acids is 2. The molecule has 0 spiro atoms. The number of ketones is 2. The fourth-order valence-corrected chi connectivity index (χ4v) is 6.66. The first-order valence-corrected chi connectivity index (χ1v) is 15.2. The molecule has 2 heteroatoms. The first-order chi connectivity index (χ1) is 18.2. The first kappa shape index (κ1) is 30.3. The molecule has 0 saturated heterocycles. The van der Waals surface area contributed by atoms with Crippen molar-refractivity contribution in [2.75, 3.05) is 0 Å². The van der Waals surface area contributed by atoms with E-state index in [-0.39, 0.29) is 23.4 Å². The molecule has 4 unspecified atom stereocenters. The van der Waals surface area contributed by atoms with Crippen LogP contribution in [0.2, 0.25) is 0 Å². The quantitative estimate of drug-likeness (QED) is 0.191. The van der Waals surface area contributed by atoms with E-state index < -0.39 is 0 Å². The molecule has 2 nitrogen and oxygen atoms in total. The average Bonchev–Trinajstić information content (AvgIpc) is 2.86. The van der Waals surface area contributed by atoms with Crippen LogP contribution in [0.3, 0.4) is 0 Å². The molecule has 3 aliphatic carbocycles. The summed E-state index contributed by atoms with van der Waals surface area (Å²) >= 11 is 0. The van der Waals surface area contributed by atoms with Crippen molar-refractivity contribution >= 4 is 11.6 Å². The monoisotopic (exact) mass is 516 g/mol. The molecule has 1 saturated carbocycles. The van der Waals surface area contributed by atoms with Gasteiger partial charge in [0.25, 0.3) is 0 Å². The molecule has 4 atom stereocenters. The van der Waals surface area contributed by atoms with E-state index in [1.54, 1.807) is 0 Å². The van der Waals surface area contributed by atoms with E-state index in [1.165, 1.54) is 33.4 Å². The van der Waals surface area contributed by atoms with Crippen molar-refractivity contribution in [3.63, 3.8) is 0 Å². The lowest BCUT2D eigenvalue weighted by molar-refractivity contribution is -0.149. The van der Waals surface area contributed by atoms with E-state index in [4.69, 9.17) is 0 Å². The molecule has 0 aliphatic heterocycles. The highest BCUT2D eigenvalue weighted by atomic mass is 16.2. The number of Topliss-reactive ketones (excluding diaryl/α,β-unsaturated/α-hetero) is 2. The van der Waals surface area contributed by atoms with Crippen LogP contribution < -0.4 is 0 Å². The molecule has 0 bridgehead atoms. The third-order valence-electron chi connectivity index (χ3n) is 8.92. The van der Waals surface area contributed by atoms with Crippen LogP contribution in [0.1, 0.15) is 119 Å². The van der Waals surface area contributed by atoms with E-state index in [9.17, 15) is 9.59 Å². The Balaban J connectivity index is 1.57. The second kappa shape index (κ2) is 14.8. The molecule has 0 amide bonds. The average molecular weight is 517 g/mol. The van der Waals surface area contributed by atoms with Gasteiger partial charge in [0.2, 0.25) is 11.6 Å². The van der Waals surface area contributed by atoms with E-state index in [1.807, 2.05) is 0 Å². The SMILES string of the molecule is CC(C)=CCC/C(C)=C/CCC1=CCC2C(=O)C(=O)C3CC=C(CC/C=C(\C)CCC=C(C)C)CC3C2C1. The van der Waals surface area contributed by atoms with Crippen molar-refractivity contribution in [2.24, 2.45) is 23.7 Å². The van der Waals surface area contributed by atoms with Gasteiger partial charge in [0.05, 0.1) is 0 Å². The van der Waals surface area contributed by atoms with Gasteiger partial charge < -0.3 is 0 Å². The van der Waals surface area contributed by atoms with Crippen LogP contribution in [0.5, 0.6) is 0 Å². The zero-order chi connectivity index (χ0) is 27.7. The lowest BCUT2D eigenvalue weighted by Crippen LogP contribution is -2.49. The Bertz CT molecular complexity index is 949. The van der Waals surface area contributed by atoms with Gasteiger partial charge in [0.15, 0.2) is 0 Å². The van der Waals surface area contributed by atoms with Crippen molar-refractivity contribution in [1.82, 2.24) is 0 Å². The zero-order valence-electron chi connectivity index (χ0n) is 25.1. The van der Waals surface area contributed by atoms with Gasteiger partial charge in [-0.3, -0.25) is 9.59 Å². The molecular formula is C36H52O2. The number of fused-ring (bicyclic) bond motifs is 3. The third-order valence-corrected chi connectivity index (χ3v) is 8.92. The molecule has 3 rings (SSSR count). The van der Waals surface area contributed by atoms with Gasteiger partial charge in [-0.15, -0.1) is 0 Å². The summed E-state index contributed by atoms with van der Waals surface area (Å²) in [4.78, 5) is 26.0. The fraction of sp³-hybridized carbons (Fsp3) is 0.611. The molecule has 0 N–H and O–H groups in total. The summed E-state index contributed by atoms with van der Waals surface area (Å²) in [5.74, 6) is 0.383. The van der Waals surface area contributed by atoms with Crippen molar-refractivity contribution in [1.29, 1.82) is 0 Å². The standard InChI is InChI=1S/C36H52O2/c1-25(2)11-7-13-27(5)15-9-17-29-19-21-31-33(23-29)34-24-30(20-22-32(34)36(38)35(31)37)18-10-16-28(6)14-8-12-26(3)4/h11-12,15-16,19-20,31-34H,7-10,13-14,17-18,21-24H2,1-6H3/b27-15+,28-16+. The molecule has 0 aromatic heterocycles. The van der Waals surface area contributed by atoms with Gasteiger partial charge in [0, 0.05) is 11.8 Å². The normalized spacial score (nSPS) is 25.7. The summed E-state index contributed by atoms with van der Waals surface area (Å²) in [7, 11) is 0. The Hall–Kier alpha value is -2.22. The minimum Gasteiger partial charge on any atom is -0.291 e. The van der Waals surface area contributed by atoms with Gasteiger partial charge in [-0.2, -0.15) is 0 Å². The fourth-order valence-electron chi connectivity index (χ4n) is 6.66. The predicted octanol–water partition coefficient (Wildman–Crippen LogP) is 9.99. The van der Waals surface area contributed by atoms with Crippen LogP contribution in [0.4, 0.5) is 0 Å². The second-order valence-electron chi connectivity index (χ2n) is 12.7. The van der Waals surface area contributed by atoms with Crippen molar-refractivity contribution < 1.29 is 9.59 Å². The molecule has 208 valence electrons. The minimum absolute atomic E-state index is 0.0756. The van der Waals surface area contributed by atoms with Gasteiger partial charge in [-0.1, -0.05) is 69.9 Å². The second-order valence-corrected chi connectivity index (χ2v) is 12.7. The summed E-state index contributed by atoms with van der Waals surface area (Å²) < 4.78 is 0. The first-order valence-electron chi connectivity index (χ1n) is 15.2. The van der Waals surface area contributed by atoms with Crippen LogP contribution >= 0.6 is 0 Å². The maximum Gasteiger partial charge on any atom is 0.202 e. The Morgan fingerprint density at radius 1 is 0.632 bits per heavy atom. The van der Waals surface area contributed by atoms with Crippen LogP contribution in [-0.2, 0) is 9.59 Å². The lowest BCUT2D eigenvalue weighted by Gasteiger charge is -2.45. The Morgan fingerprint density at radius 3 is 1.39 bits per heavy atom. The topological polar surface area (TPSA) is 34.1 Å². The van der Waals surface area contributed by atoms with Crippen LogP contribution in [0, 0.1) is 23.7 Å². The number of carbonyl (C=O) groups is 2. The summed E-state index contributed by atoms with van der Waals surface area (Å²) in [6, 6.07) is 0. The maximum atomic E-state index is 13.0. The van der Waals surface area contributed by atoms with Gasteiger partial charge in [-0.05, 0) is 130 Å². The zero-order valence-corrected chi connectivity index (χ0v) is 25.1. The molecule has 0 radical (unpaired) electrons. The van der Waals surface area contributed by atoms with Crippen LogP contribution in [0.25, 0.3) is 0 Å². The van der Waals surface area contributed by atoms with Gasteiger partial charge in [0.1, 0.15) is 0 Å². The van der Waals surface area contributed by atoms with Gasteiger partial charge in [-0.25, -0.2) is 0 Å². The minimum atomic E-state index is -0.0783. The van der Waals surface area contributed by atoms with Crippen molar-refractivity contribution in [3.8, 4) is 0 Å². The molecule has 0 heterocycles. The van der Waals surface area contributed by atoms with Crippen molar-refractivity contribution in [3.05, 3.63) is 69.9 Å². The van der Waals surface area contributed by atoms with E-state index >= 15 is 0 Å². The summed E-state index contributed by atoms with van der Waals surface area (Å²) in [6.07, 6.45) is 26.4. The molecular weight excluding hydrogens is 464 g/mol. The number of hydrogen-bond acceptors (Lipinski definition) is 2. The highest BCUT2D eigenvalue weighted by molar-refractivity contribution is 6.39. The van der Waals surface area contributed by atoms with E-state index in [0.717, 1.165) is 77.0 Å². The van der Waals surface area contributed by atoms with Crippen LogP contribution in [0.15, 0.2) is 69.9 Å². The number of rotatable bonds is 12. The van der Waals surface area contributed by atoms with E-state index in [2.05, 4.69) is 78.0 Å². The largest absolute Gasteiger partial charge is 0.291 e. The lowest BCUT2D eigenvalue weighted by atomic mass is 9.57. The summed E-state index contributed by atoms with van der Waals surface area (Å²) in [5.41, 5.74) is 8.73. The van der Waals surface area contributed by atoms with Crippen molar-refractivity contribution in [2.45, 2.75) is 119 Å². The van der Waals surface area contributed by atoms with Gasteiger partial charge >= 0.3 is 0 Å². The maximum absolute atomic E-state index is 13.0.